The molecule has 0 aliphatic heterocycles. The van der Waals surface area contributed by atoms with Crippen LogP contribution in [-0.4, -0.2) is 25.3 Å². The number of hydrogen-bond donors (Lipinski definition) is 2. The number of anilines is 1. The molecule has 2 heterocycles. The van der Waals surface area contributed by atoms with Gasteiger partial charge in [0, 0.05) is 18.1 Å². The van der Waals surface area contributed by atoms with Crippen molar-refractivity contribution >= 4 is 45.3 Å². The number of H-pyrrole nitrogens is 1. The number of nitrogens with zero attached hydrogens (tertiary/aromatic N) is 4. The Morgan fingerprint density at radius 2 is 2.04 bits per heavy atom. The van der Waals surface area contributed by atoms with E-state index in [1.54, 1.807) is 17.8 Å². The van der Waals surface area contributed by atoms with Gasteiger partial charge in [0.05, 0.1) is 6.21 Å². The Morgan fingerprint density at radius 1 is 1.32 bits per heavy atom. The molecule has 0 radical (unpaired) electrons. The summed E-state index contributed by atoms with van der Waals surface area (Å²) in [6.07, 6.45) is 3.53. The molecule has 9 heteroatoms. The predicted octanol–water partition coefficient (Wildman–Crippen LogP) is 2.91. The van der Waals surface area contributed by atoms with Crippen molar-refractivity contribution < 1.29 is 0 Å². The first-order chi connectivity index (χ1) is 13.4. The van der Waals surface area contributed by atoms with E-state index in [1.807, 2.05) is 50.3 Å². The summed E-state index contributed by atoms with van der Waals surface area (Å²) in [5.41, 5.74) is 3.60. The number of aromatic nitrogens is 4. The van der Waals surface area contributed by atoms with E-state index in [2.05, 4.69) is 36.4 Å². The van der Waals surface area contributed by atoms with Crippen LogP contribution in [0.15, 0.2) is 49.5 Å². The fraction of sp³-hybridized carbons (Fsp3) is 0.263. The van der Waals surface area contributed by atoms with Crippen molar-refractivity contribution in [3.8, 4) is 0 Å². The Morgan fingerprint density at radius 3 is 2.71 bits per heavy atom. The molecular weight excluding hydrogens is 424 g/mol. The number of fused-ring (bicyclic) bond motifs is 1. The van der Waals surface area contributed by atoms with E-state index in [4.69, 9.17) is 0 Å². The standard InChI is InChI=1S/C19H21BrN6O2/c1-12(2)11-26-15-16(25(3)19(28)23-17(15)27)22-18(26)24-21-10-14(20)9-13-7-5-4-6-8-13/h4-10,12H,11H2,1-3H3,(H,22,24)(H,23,27,28)/b14-9-,21-10+. The van der Waals surface area contributed by atoms with Gasteiger partial charge in [0.1, 0.15) is 0 Å². The zero-order valence-corrected chi connectivity index (χ0v) is 17.4. The Hall–Kier alpha value is -2.94. The highest BCUT2D eigenvalue weighted by molar-refractivity contribution is 9.12. The molecule has 0 atom stereocenters. The van der Waals surface area contributed by atoms with Gasteiger partial charge in [0.15, 0.2) is 11.2 Å². The smallest absolute Gasteiger partial charge is 0.303 e. The maximum Gasteiger partial charge on any atom is 0.329 e. The molecule has 0 spiro atoms. The first-order valence-electron chi connectivity index (χ1n) is 8.77. The van der Waals surface area contributed by atoms with Crippen molar-refractivity contribution in [1.29, 1.82) is 0 Å². The van der Waals surface area contributed by atoms with Gasteiger partial charge in [0.2, 0.25) is 5.95 Å². The average molecular weight is 445 g/mol. The van der Waals surface area contributed by atoms with E-state index < -0.39 is 11.2 Å². The van der Waals surface area contributed by atoms with Crippen LogP contribution in [0.3, 0.4) is 0 Å². The molecule has 1 aromatic carbocycles. The number of halogens is 1. The second kappa shape index (κ2) is 8.39. The molecule has 146 valence electrons. The zero-order valence-electron chi connectivity index (χ0n) is 15.8. The van der Waals surface area contributed by atoms with Crippen LogP contribution in [0.1, 0.15) is 19.4 Å². The highest BCUT2D eigenvalue weighted by Crippen LogP contribution is 2.17. The number of imidazole rings is 1. The number of aryl methyl sites for hydroxylation is 1. The fourth-order valence-electron chi connectivity index (χ4n) is 2.76. The molecule has 0 saturated carbocycles. The number of allylic oxidation sites excluding steroid dienone is 1. The van der Waals surface area contributed by atoms with Crippen molar-refractivity contribution in [2.45, 2.75) is 20.4 Å². The monoisotopic (exact) mass is 444 g/mol. The second-order valence-corrected chi connectivity index (χ2v) is 7.66. The van der Waals surface area contributed by atoms with Gasteiger partial charge >= 0.3 is 5.69 Å². The number of nitrogens with one attached hydrogen (secondary N) is 2. The maximum atomic E-state index is 12.3. The topological polar surface area (TPSA) is 97.1 Å². The third kappa shape index (κ3) is 4.30. The number of hydrogen-bond acceptors (Lipinski definition) is 5. The number of benzene rings is 1. The van der Waals surface area contributed by atoms with Gasteiger partial charge in [-0.3, -0.25) is 14.3 Å². The summed E-state index contributed by atoms with van der Waals surface area (Å²) in [5, 5.41) is 4.21. The Labute approximate surface area is 169 Å². The summed E-state index contributed by atoms with van der Waals surface area (Å²) >= 11 is 3.46. The van der Waals surface area contributed by atoms with Gasteiger partial charge in [-0.15, -0.1) is 0 Å². The molecule has 3 aromatic rings. The molecule has 3 rings (SSSR count). The normalized spacial score (nSPS) is 12.4. The van der Waals surface area contributed by atoms with Crippen molar-refractivity contribution in [2.24, 2.45) is 18.1 Å². The Bertz CT molecular complexity index is 1150. The average Bonchev–Trinajstić information content (AvgIpc) is 2.99. The summed E-state index contributed by atoms with van der Waals surface area (Å²) in [6, 6.07) is 9.83. The number of rotatable bonds is 6. The minimum Gasteiger partial charge on any atom is -0.303 e. The van der Waals surface area contributed by atoms with Crippen LogP contribution in [0.25, 0.3) is 17.2 Å². The minimum absolute atomic E-state index is 0.267. The third-order valence-electron chi connectivity index (χ3n) is 4.01. The zero-order chi connectivity index (χ0) is 20.3. The molecule has 0 fully saturated rings. The van der Waals surface area contributed by atoms with E-state index in [1.165, 1.54) is 4.57 Å². The third-order valence-corrected chi connectivity index (χ3v) is 4.45. The van der Waals surface area contributed by atoms with Gasteiger partial charge in [-0.2, -0.15) is 10.1 Å². The highest BCUT2D eigenvalue weighted by atomic mass is 79.9. The van der Waals surface area contributed by atoms with Crippen LogP contribution in [0.5, 0.6) is 0 Å². The largest absolute Gasteiger partial charge is 0.329 e. The van der Waals surface area contributed by atoms with Gasteiger partial charge in [-0.1, -0.05) is 44.2 Å². The summed E-state index contributed by atoms with van der Waals surface area (Å²) in [4.78, 5) is 30.9. The van der Waals surface area contributed by atoms with Crippen LogP contribution in [0.4, 0.5) is 5.95 Å². The Balaban J connectivity index is 1.95. The fourth-order valence-corrected chi connectivity index (χ4v) is 3.13. The first kappa shape index (κ1) is 19.8. The van der Waals surface area contributed by atoms with Crippen LogP contribution in [-0.2, 0) is 13.6 Å². The summed E-state index contributed by atoms with van der Waals surface area (Å²) in [5.74, 6) is 0.662. The van der Waals surface area contributed by atoms with Crippen LogP contribution in [0, 0.1) is 5.92 Å². The molecule has 0 aliphatic carbocycles. The van der Waals surface area contributed by atoms with Crippen LogP contribution in [0.2, 0.25) is 0 Å². The van der Waals surface area contributed by atoms with Crippen molar-refractivity contribution in [1.82, 2.24) is 19.1 Å². The predicted molar refractivity (Wildman–Crippen MR) is 116 cm³/mol. The van der Waals surface area contributed by atoms with Gasteiger partial charge in [-0.05, 0) is 33.5 Å². The van der Waals surface area contributed by atoms with E-state index >= 15 is 0 Å². The quantitative estimate of drug-likeness (QED) is 0.451. The molecule has 2 N–H and O–H groups in total. The molecule has 8 nitrogen and oxygen atoms in total. The molecule has 0 unspecified atom stereocenters. The first-order valence-corrected chi connectivity index (χ1v) is 9.57. The lowest BCUT2D eigenvalue weighted by Crippen LogP contribution is -2.29. The maximum absolute atomic E-state index is 12.3. The van der Waals surface area contributed by atoms with Gasteiger partial charge in [0.25, 0.3) is 5.56 Å². The molecule has 0 saturated heterocycles. The number of aromatic amines is 1. The lowest BCUT2D eigenvalue weighted by molar-refractivity contribution is 0.535. The molecule has 0 aliphatic rings. The second-order valence-electron chi connectivity index (χ2n) is 6.74. The minimum atomic E-state index is -0.504. The van der Waals surface area contributed by atoms with Crippen LogP contribution >= 0.6 is 15.9 Å². The summed E-state index contributed by atoms with van der Waals surface area (Å²) in [6.45, 7) is 4.62. The van der Waals surface area contributed by atoms with Crippen molar-refractivity contribution in [3.63, 3.8) is 0 Å². The van der Waals surface area contributed by atoms with Crippen molar-refractivity contribution in [3.05, 3.63) is 61.2 Å². The molecular formula is C19H21BrN6O2. The highest BCUT2D eigenvalue weighted by Gasteiger charge is 2.17. The van der Waals surface area contributed by atoms with Gasteiger partial charge < -0.3 is 4.57 Å². The molecule has 0 bridgehead atoms. The van der Waals surface area contributed by atoms with E-state index in [-0.39, 0.29) is 5.92 Å². The lowest BCUT2D eigenvalue weighted by Gasteiger charge is -2.10. The molecule has 28 heavy (non-hydrogen) atoms. The van der Waals surface area contributed by atoms with Crippen molar-refractivity contribution in [2.75, 3.05) is 5.43 Å². The van der Waals surface area contributed by atoms with Gasteiger partial charge in [-0.25, -0.2) is 10.2 Å². The summed E-state index contributed by atoms with van der Waals surface area (Å²) < 4.78 is 3.82. The molecule has 0 amide bonds. The SMILES string of the molecule is CC(C)Cn1c(N/N=C/C(Br)=C/c2ccccc2)nc2c1c(=O)[nH]c(=O)n2C. The van der Waals surface area contributed by atoms with Crippen LogP contribution < -0.4 is 16.7 Å². The Kier molecular flexibility index (Phi) is 5.93. The summed E-state index contributed by atoms with van der Waals surface area (Å²) in [7, 11) is 1.57. The van der Waals surface area contributed by atoms with E-state index in [0.29, 0.717) is 23.7 Å². The molecule has 2 aromatic heterocycles. The number of hydrazone groups is 1. The van der Waals surface area contributed by atoms with E-state index in [9.17, 15) is 9.59 Å². The lowest BCUT2D eigenvalue weighted by atomic mass is 10.2. The van der Waals surface area contributed by atoms with E-state index in [0.717, 1.165) is 10.0 Å².